The highest BCUT2D eigenvalue weighted by molar-refractivity contribution is 6.89. The van der Waals surface area contributed by atoms with Gasteiger partial charge in [0.1, 0.15) is 22.2 Å². The lowest BCUT2D eigenvalue weighted by molar-refractivity contribution is 0.530. The van der Waals surface area contributed by atoms with Gasteiger partial charge in [0.05, 0.1) is 0 Å². The zero-order valence-corrected chi connectivity index (χ0v) is 18.9. The van der Waals surface area contributed by atoms with Crippen molar-refractivity contribution in [2.24, 2.45) is 0 Å². The maximum Gasteiger partial charge on any atom is 0.245 e. The van der Waals surface area contributed by atoms with Crippen molar-refractivity contribution in [2.75, 3.05) is 6.54 Å². The minimum atomic E-state index is -1.62. The average Bonchev–Trinajstić information content (AvgIpc) is 2.32. The van der Waals surface area contributed by atoms with Crippen LogP contribution in [-0.4, -0.2) is 35.6 Å². The molecule has 0 saturated heterocycles. The second-order valence-electron chi connectivity index (χ2n) is 8.77. The van der Waals surface area contributed by atoms with Gasteiger partial charge in [-0.05, 0) is 44.2 Å². The molecule has 1 aromatic carbocycles. The molecule has 0 aliphatic heterocycles. The van der Waals surface area contributed by atoms with Crippen molar-refractivity contribution in [2.45, 2.75) is 64.8 Å². The average molecular weight is 354 g/mol. The molecule has 0 amide bonds. The van der Waals surface area contributed by atoms with E-state index in [1.54, 1.807) is 0 Å². The summed E-state index contributed by atoms with van der Waals surface area (Å²) in [5.74, 6) is 1.03. The highest BCUT2D eigenvalue weighted by Gasteiger charge is 2.34. The maximum atomic E-state index is 6.30. The monoisotopic (exact) mass is 353 g/mol. The molecule has 5 heteroatoms. The van der Waals surface area contributed by atoms with Gasteiger partial charge in [-0.25, -0.2) is 0 Å². The third kappa shape index (κ3) is 6.81. The Morgan fingerprint density at radius 3 is 1.77 bits per heavy atom. The molecule has 0 saturated carbocycles. The van der Waals surface area contributed by atoms with Crippen molar-refractivity contribution in [1.29, 1.82) is 0 Å². The molecule has 0 spiro atoms. The molecule has 0 radical (unpaired) electrons. The van der Waals surface area contributed by atoms with E-state index in [4.69, 9.17) is 4.43 Å². The normalized spacial score (nSPS) is 13.5. The van der Waals surface area contributed by atoms with Gasteiger partial charge < -0.3 is 8.66 Å². The molecule has 0 bridgehead atoms. The predicted molar refractivity (Wildman–Crippen MR) is 107 cm³/mol. The smallest absolute Gasteiger partial charge is 0.245 e. The number of hydrogen-bond donors (Lipinski definition) is 0. The fourth-order valence-corrected chi connectivity index (χ4v) is 14.8. The summed E-state index contributed by atoms with van der Waals surface area (Å²) in [6.07, 6.45) is 1.26. The fraction of sp³-hybridized carbons (Fsp3) is 0.647. The van der Waals surface area contributed by atoms with Gasteiger partial charge in [0.15, 0.2) is 0 Å². The van der Waals surface area contributed by atoms with Gasteiger partial charge in [-0.1, -0.05) is 57.5 Å². The van der Waals surface area contributed by atoms with Crippen molar-refractivity contribution in [3.05, 3.63) is 30.3 Å². The fourth-order valence-electron chi connectivity index (χ4n) is 3.20. The van der Waals surface area contributed by atoms with Crippen LogP contribution in [0.3, 0.4) is 0 Å². The molecule has 2 nitrogen and oxygen atoms in total. The van der Waals surface area contributed by atoms with Gasteiger partial charge in [-0.2, -0.15) is 0 Å². The Bertz CT molecular complexity index is 435. The highest BCUT2D eigenvalue weighted by Crippen LogP contribution is 2.23. The minimum absolute atomic E-state index is 1.03. The lowest BCUT2D eigenvalue weighted by Gasteiger charge is -2.44. The third-order valence-electron chi connectivity index (χ3n) is 3.92. The zero-order valence-electron chi connectivity index (χ0n) is 15.9. The Balaban J connectivity index is 2.57. The van der Waals surface area contributed by atoms with Gasteiger partial charge >= 0.3 is 0 Å². The van der Waals surface area contributed by atoms with Crippen LogP contribution in [0.1, 0.15) is 6.42 Å². The summed E-state index contributed by atoms with van der Waals surface area (Å²) in [7, 11) is -4.07. The summed E-state index contributed by atoms with van der Waals surface area (Å²) in [4.78, 5) is 0. The quantitative estimate of drug-likeness (QED) is 0.561. The van der Waals surface area contributed by atoms with Crippen LogP contribution in [0.25, 0.3) is 0 Å². The van der Waals surface area contributed by atoms with Crippen molar-refractivity contribution in [3.63, 3.8) is 0 Å². The Kier molecular flexibility index (Phi) is 6.68. The molecule has 0 aliphatic rings. The van der Waals surface area contributed by atoms with Crippen LogP contribution in [0, 0.1) is 0 Å². The van der Waals surface area contributed by atoms with Crippen LogP contribution in [0.15, 0.2) is 30.3 Å². The van der Waals surface area contributed by atoms with E-state index >= 15 is 0 Å². The predicted octanol–water partition coefficient (Wildman–Crippen LogP) is 5.63. The molecule has 0 fully saturated rings. The molecule has 126 valence electrons. The number of benzene rings is 1. The number of hydrogen-bond acceptors (Lipinski definition) is 2. The first-order valence-corrected chi connectivity index (χ1v) is 18.4. The molecule has 0 heterocycles. The van der Waals surface area contributed by atoms with E-state index < -0.39 is 24.8 Å². The standard InChI is InChI=1S/C17H35NOSi3/c1-20(2,3)18(21(4,5)6)15-12-16-22(7,8)19-17-13-10-9-11-14-17/h9-11,13-14H,12,15-16H2,1-8H3. The molecule has 22 heavy (non-hydrogen) atoms. The van der Waals surface area contributed by atoms with E-state index in [1.165, 1.54) is 19.0 Å². The summed E-state index contributed by atoms with van der Waals surface area (Å²) >= 11 is 0. The largest absolute Gasteiger partial charge is 0.544 e. The van der Waals surface area contributed by atoms with Gasteiger partial charge in [-0.15, -0.1) is 0 Å². The molecule has 1 aromatic rings. The minimum Gasteiger partial charge on any atom is -0.544 e. The Morgan fingerprint density at radius 2 is 1.32 bits per heavy atom. The molecular weight excluding hydrogens is 318 g/mol. The Morgan fingerprint density at radius 1 is 0.818 bits per heavy atom. The van der Waals surface area contributed by atoms with Crippen molar-refractivity contribution in [3.8, 4) is 5.75 Å². The summed E-state index contributed by atoms with van der Waals surface area (Å²) in [6, 6.07) is 11.5. The maximum absolute atomic E-state index is 6.30. The van der Waals surface area contributed by atoms with E-state index in [1.807, 2.05) is 6.07 Å². The van der Waals surface area contributed by atoms with Gasteiger partial charge in [0.25, 0.3) is 0 Å². The Labute approximate surface area is 141 Å². The lowest BCUT2D eigenvalue weighted by Crippen LogP contribution is -2.59. The van der Waals surface area contributed by atoms with Gasteiger partial charge in [-0.3, -0.25) is 0 Å². The van der Waals surface area contributed by atoms with E-state index in [-0.39, 0.29) is 0 Å². The van der Waals surface area contributed by atoms with Crippen LogP contribution in [0.5, 0.6) is 5.75 Å². The van der Waals surface area contributed by atoms with Crippen LogP contribution in [0.4, 0.5) is 0 Å². The second-order valence-corrected chi connectivity index (χ2v) is 23.2. The van der Waals surface area contributed by atoms with Crippen LogP contribution >= 0.6 is 0 Å². The third-order valence-corrected chi connectivity index (χ3v) is 14.0. The Hall–Kier alpha value is -0.369. The summed E-state index contributed by atoms with van der Waals surface area (Å²) < 4.78 is 9.18. The highest BCUT2D eigenvalue weighted by atomic mass is 28.4. The topological polar surface area (TPSA) is 12.5 Å². The number of rotatable bonds is 8. The second kappa shape index (κ2) is 7.47. The first-order valence-electron chi connectivity index (χ1n) is 8.44. The van der Waals surface area contributed by atoms with Gasteiger partial charge in [0, 0.05) is 0 Å². The van der Waals surface area contributed by atoms with E-state index in [9.17, 15) is 0 Å². The van der Waals surface area contributed by atoms with Crippen LogP contribution in [-0.2, 0) is 0 Å². The first-order chi connectivity index (χ1) is 9.92. The van der Waals surface area contributed by atoms with Crippen molar-refractivity contribution < 1.29 is 4.43 Å². The zero-order chi connectivity index (χ0) is 17.0. The molecular formula is C17H35NOSi3. The molecule has 0 aromatic heterocycles. The van der Waals surface area contributed by atoms with Crippen LogP contribution in [0.2, 0.25) is 58.4 Å². The first kappa shape index (κ1) is 19.7. The SMILES string of the molecule is C[Si](C)(CCCN([Si](C)(C)C)[Si](C)(C)C)Oc1ccccc1. The summed E-state index contributed by atoms with van der Waals surface area (Å²) in [5, 5.41) is 0. The summed E-state index contributed by atoms with van der Waals surface area (Å²) in [6.45, 7) is 20.8. The molecule has 0 aliphatic carbocycles. The van der Waals surface area contributed by atoms with E-state index in [0.29, 0.717) is 0 Å². The van der Waals surface area contributed by atoms with E-state index in [0.717, 1.165) is 5.75 Å². The van der Waals surface area contributed by atoms with Crippen molar-refractivity contribution >= 4 is 24.8 Å². The molecule has 0 atom stereocenters. The van der Waals surface area contributed by atoms with Gasteiger partial charge in [0.2, 0.25) is 8.32 Å². The van der Waals surface area contributed by atoms with E-state index in [2.05, 4.69) is 80.9 Å². The molecule has 1 rings (SSSR count). The number of nitrogens with zero attached hydrogens (tertiary/aromatic N) is 1. The lowest BCUT2D eigenvalue weighted by atomic mass is 10.3. The summed E-state index contributed by atoms with van der Waals surface area (Å²) in [5.41, 5.74) is 0. The van der Waals surface area contributed by atoms with Crippen molar-refractivity contribution in [1.82, 2.24) is 4.23 Å². The molecule has 0 unspecified atom stereocenters. The molecule has 0 N–H and O–H groups in total. The number of para-hydroxylation sites is 1. The van der Waals surface area contributed by atoms with Crippen LogP contribution < -0.4 is 4.43 Å².